The van der Waals surface area contributed by atoms with Gasteiger partial charge in [0.05, 0.1) is 5.69 Å². The molecule has 1 N–H and O–H groups in total. The first-order chi connectivity index (χ1) is 13.5. The lowest BCUT2D eigenvalue weighted by Gasteiger charge is -2.10. The van der Waals surface area contributed by atoms with E-state index >= 15 is 0 Å². The number of hydrogen-bond acceptors (Lipinski definition) is 2. The highest BCUT2D eigenvalue weighted by Gasteiger charge is 2.15. The van der Waals surface area contributed by atoms with E-state index in [9.17, 15) is 9.59 Å². The van der Waals surface area contributed by atoms with Crippen LogP contribution in [0, 0.1) is 6.92 Å². The fourth-order valence-electron chi connectivity index (χ4n) is 3.11. The Morgan fingerprint density at radius 2 is 1.61 bits per heavy atom. The molecule has 1 aromatic heterocycles. The number of carbonyl (C=O) groups excluding carboxylic acids is 2. The van der Waals surface area contributed by atoms with Crippen molar-refractivity contribution < 1.29 is 9.59 Å². The van der Waals surface area contributed by atoms with Gasteiger partial charge in [0.1, 0.15) is 6.54 Å². The number of Topliss-reactive ketones (excluding diaryl/α,β-unsaturated/α-hetero) is 1. The maximum atomic E-state index is 12.2. The van der Waals surface area contributed by atoms with Crippen LogP contribution in [-0.4, -0.2) is 22.8 Å². The SMILES string of the molecule is CC.CCCNC(=O)Cn1c(C(C)=O)cc2ccc(-c3ccc(C)cc3)cc21. The minimum atomic E-state index is -0.0763. The topological polar surface area (TPSA) is 51.1 Å². The van der Waals surface area contributed by atoms with Crippen molar-refractivity contribution in [2.45, 2.75) is 47.6 Å². The minimum absolute atomic E-state index is 0.0404. The van der Waals surface area contributed by atoms with E-state index in [0.717, 1.165) is 28.5 Å². The average Bonchev–Trinajstić information content (AvgIpc) is 3.06. The molecule has 0 atom stereocenters. The molecule has 0 fully saturated rings. The predicted octanol–water partition coefficient (Wildman–Crippen LogP) is 5.37. The van der Waals surface area contributed by atoms with Gasteiger partial charge in [0, 0.05) is 24.4 Å². The summed E-state index contributed by atoms with van der Waals surface area (Å²) in [5.41, 5.74) is 4.86. The highest BCUT2D eigenvalue weighted by atomic mass is 16.2. The molecular formula is C24H30N2O2. The Bertz CT molecular complexity index is 953. The van der Waals surface area contributed by atoms with Crippen LogP contribution in [0.3, 0.4) is 0 Å². The van der Waals surface area contributed by atoms with Crippen LogP contribution in [0.25, 0.3) is 22.0 Å². The number of amides is 1. The van der Waals surface area contributed by atoms with Crippen LogP contribution in [0.5, 0.6) is 0 Å². The summed E-state index contributed by atoms with van der Waals surface area (Å²) >= 11 is 0. The Balaban J connectivity index is 0.00000136. The first-order valence-corrected chi connectivity index (χ1v) is 9.97. The largest absolute Gasteiger partial charge is 0.355 e. The van der Waals surface area contributed by atoms with Crippen LogP contribution in [0.4, 0.5) is 0 Å². The van der Waals surface area contributed by atoms with Gasteiger partial charge in [-0.1, -0.05) is 62.7 Å². The predicted molar refractivity (Wildman–Crippen MR) is 117 cm³/mol. The van der Waals surface area contributed by atoms with E-state index in [2.05, 4.69) is 48.6 Å². The van der Waals surface area contributed by atoms with Crippen molar-refractivity contribution in [1.82, 2.24) is 9.88 Å². The first kappa shape index (κ1) is 21.4. The van der Waals surface area contributed by atoms with Crippen LogP contribution in [0.1, 0.15) is 50.2 Å². The second kappa shape index (κ2) is 9.88. The van der Waals surface area contributed by atoms with Gasteiger partial charge in [-0.25, -0.2) is 0 Å². The van der Waals surface area contributed by atoms with Crippen molar-refractivity contribution in [3.05, 3.63) is 59.8 Å². The van der Waals surface area contributed by atoms with Crippen molar-refractivity contribution in [1.29, 1.82) is 0 Å². The lowest BCUT2D eigenvalue weighted by Crippen LogP contribution is -2.29. The molecule has 2 aromatic carbocycles. The Kier molecular flexibility index (Phi) is 7.56. The Morgan fingerprint density at radius 3 is 2.21 bits per heavy atom. The van der Waals surface area contributed by atoms with Gasteiger partial charge in [-0.05, 0) is 36.6 Å². The monoisotopic (exact) mass is 378 g/mol. The van der Waals surface area contributed by atoms with E-state index in [0.29, 0.717) is 12.2 Å². The standard InChI is InChI=1S/C22H24N2O2.C2H6/c1-4-11-23-22(26)14-24-20(16(3)25)13-19-10-9-18(12-21(19)24)17-7-5-15(2)6-8-17;1-2/h5-10,12-13H,4,11,14H2,1-3H3,(H,23,26);1-2H3. The van der Waals surface area contributed by atoms with Crippen molar-refractivity contribution in [2.75, 3.05) is 6.54 Å². The molecule has 0 unspecified atom stereocenters. The van der Waals surface area contributed by atoms with Crippen molar-refractivity contribution in [3.8, 4) is 11.1 Å². The fourth-order valence-corrected chi connectivity index (χ4v) is 3.11. The van der Waals surface area contributed by atoms with Crippen LogP contribution in [0.15, 0.2) is 48.5 Å². The zero-order valence-corrected chi connectivity index (χ0v) is 17.5. The number of carbonyl (C=O) groups is 2. The number of hydrogen-bond donors (Lipinski definition) is 1. The zero-order chi connectivity index (χ0) is 20.7. The van der Waals surface area contributed by atoms with Gasteiger partial charge in [0.25, 0.3) is 0 Å². The molecule has 0 saturated heterocycles. The minimum Gasteiger partial charge on any atom is -0.355 e. The Morgan fingerprint density at radius 1 is 0.964 bits per heavy atom. The maximum absolute atomic E-state index is 12.2. The molecule has 0 bridgehead atoms. The number of nitrogens with one attached hydrogen (secondary N) is 1. The van der Waals surface area contributed by atoms with E-state index in [1.54, 1.807) is 0 Å². The second-order valence-electron chi connectivity index (χ2n) is 6.66. The normalized spacial score (nSPS) is 10.3. The molecule has 3 rings (SSSR count). The van der Waals surface area contributed by atoms with E-state index in [1.165, 1.54) is 12.5 Å². The van der Waals surface area contributed by atoms with Gasteiger partial charge in [-0.2, -0.15) is 0 Å². The average molecular weight is 379 g/mol. The second-order valence-corrected chi connectivity index (χ2v) is 6.66. The first-order valence-electron chi connectivity index (χ1n) is 9.97. The molecule has 3 aromatic rings. The summed E-state index contributed by atoms with van der Waals surface area (Å²) in [6.07, 6.45) is 0.884. The molecule has 0 aliphatic heterocycles. The molecule has 1 heterocycles. The molecular weight excluding hydrogens is 348 g/mol. The highest BCUT2D eigenvalue weighted by Crippen LogP contribution is 2.27. The summed E-state index contributed by atoms with van der Waals surface area (Å²) in [6, 6.07) is 16.3. The molecule has 1 amide bonds. The Hall–Kier alpha value is -2.88. The number of fused-ring (bicyclic) bond motifs is 1. The summed E-state index contributed by atoms with van der Waals surface area (Å²) < 4.78 is 1.82. The maximum Gasteiger partial charge on any atom is 0.239 e. The van der Waals surface area contributed by atoms with Crippen molar-refractivity contribution >= 4 is 22.6 Å². The van der Waals surface area contributed by atoms with Crippen molar-refractivity contribution in [2.24, 2.45) is 0 Å². The fraction of sp³-hybridized carbons (Fsp3) is 0.333. The van der Waals surface area contributed by atoms with Gasteiger partial charge in [0.2, 0.25) is 5.91 Å². The van der Waals surface area contributed by atoms with Crippen LogP contribution < -0.4 is 5.32 Å². The quantitative estimate of drug-likeness (QED) is 0.586. The highest BCUT2D eigenvalue weighted by molar-refractivity contribution is 6.00. The van der Waals surface area contributed by atoms with E-state index in [4.69, 9.17) is 0 Å². The molecule has 0 saturated carbocycles. The molecule has 0 radical (unpaired) electrons. The summed E-state index contributed by atoms with van der Waals surface area (Å²) in [4.78, 5) is 24.3. The number of aryl methyl sites for hydroxylation is 1. The lowest BCUT2D eigenvalue weighted by molar-refractivity contribution is -0.121. The molecule has 0 spiro atoms. The van der Waals surface area contributed by atoms with Crippen molar-refractivity contribution in [3.63, 3.8) is 0 Å². The van der Waals surface area contributed by atoms with Gasteiger partial charge in [-0.15, -0.1) is 0 Å². The smallest absolute Gasteiger partial charge is 0.239 e. The van der Waals surface area contributed by atoms with Crippen LogP contribution in [0.2, 0.25) is 0 Å². The number of aromatic nitrogens is 1. The number of benzene rings is 2. The van der Waals surface area contributed by atoms with E-state index < -0.39 is 0 Å². The molecule has 0 aliphatic rings. The molecule has 4 heteroatoms. The molecule has 4 nitrogen and oxygen atoms in total. The lowest BCUT2D eigenvalue weighted by atomic mass is 10.0. The van der Waals surface area contributed by atoms with Gasteiger partial charge < -0.3 is 9.88 Å². The summed E-state index contributed by atoms with van der Waals surface area (Å²) in [6.45, 7) is 10.4. The van der Waals surface area contributed by atoms with Gasteiger partial charge in [-0.3, -0.25) is 9.59 Å². The van der Waals surface area contributed by atoms with E-state index in [1.807, 2.05) is 37.5 Å². The van der Waals surface area contributed by atoms with Gasteiger partial charge in [0.15, 0.2) is 5.78 Å². The third kappa shape index (κ3) is 4.89. The summed E-state index contributed by atoms with van der Waals surface area (Å²) in [7, 11) is 0. The summed E-state index contributed by atoms with van der Waals surface area (Å²) in [5, 5.41) is 3.85. The molecule has 0 aliphatic carbocycles. The molecule has 148 valence electrons. The number of nitrogens with zero attached hydrogens (tertiary/aromatic N) is 1. The van der Waals surface area contributed by atoms with Crippen LogP contribution >= 0.6 is 0 Å². The number of ketones is 1. The third-order valence-corrected chi connectivity index (χ3v) is 4.52. The molecule has 28 heavy (non-hydrogen) atoms. The van der Waals surface area contributed by atoms with Gasteiger partial charge >= 0.3 is 0 Å². The number of rotatable bonds is 6. The third-order valence-electron chi connectivity index (χ3n) is 4.52. The summed E-state index contributed by atoms with van der Waals surface area (Å²) in [5.74, 6) is -0.117. The Labute approximate surface area is 167 Å². The zero-order valence-electron chi connectivity index (χ0n) is 17.5. The van der Waals surface area contributed by atoms with Crippen LogP contribution in [-0.2, 0) is 11.3 Å². The van der Waals surface area contributed by atoms with E-state index in [-0.39, 0.29) is 18.2 Å².